The highest BCUT2D eigenvalue weighted by Gasteiger charge is 2.20. The Morgan fingerprint density at radius 3 is 2.79 bits per heavy atom. The highest BCUT2D eigenvalue weighted by atomic mass is 16.5. The molecule has 130 valence electrons. The zero-order valence-corrected chi connectivity index (χ0v) is 14.3. The molecule has 5 nitrogen and oxygen atoms in total. The first-order chi connectivity index (χ1) is 11.5. The van der Waals surface area contributed by atoms with Crippen LogP contribution in [0.2, 0.25) is 0 Å². The highest BCUT2D eigenvalue weighted by molar-refractivity contribution is 5.94. The Morgan fingerprint density at radius 1 is 1.33 bits per heavy atom. The van der Waals surface area contributed by atoms with Crippen molar-refractivity contribution in [2.75, 3.05) is 6.54 Å². The Labute approximate surface area is 142 Å². The van der Waals surface area contributed by atoms with Crippen LogP contribution in [0.5, 0.6) is 5.75 Å². The highest BCUT2D eigenvalue weighted by Crippen LogP contribution is 2.20. The summed E-state index contributed by atoms with van der Waals surface area (Å²) in [5.41, 5.74) is 2.29. The van der Waals surface area contributed by atoms with E-state index in [0.717, 1.165) is 24.8 Å². The van der Waals surface area contributed by atoms with Crippen LogP contribution >= 0.6 is 0 Å². The van der Waals surface area contributed by atoms with Crippen LogP contribution in [0.3, 0.4) is 0 Å². The number of benzene rings is 1. The summed E-state index contributed by atoms with van der Waals surface area (Å²) < 4.78 is 5.14. The number of esters is 1. The van der Waals surface area contributed by atoms with E-state index in [1.165, 1.54) is 37.5 Å². The summed E-state index contributed by atoms with van der Waals surface area (Å²) in [5, 5.41) is 12.6. The largest absolute Gasteiger partial charge is 0.507 e. The standard InChI is InChI=1S/C19H25NO4/c1-13-8-9-16(17(21)12-13)19(23)24-14(2)18(22)20-11-10-15-6-4-3-5-7-15/h6,8-9,12,14,21H,3-5,7,10-11H2,1-2H3,(H,20,22)/t14-/m1/s1. The molecule has 1 aromatic carbocycles. The molecule has 1 amide bonds. The number of aryl methyl sites for hydroxylation is 1. The van der Waals surface area contributed by atoms with Gasteiger partial charge in [0.1, 0.15) is 11.3 Å². The smallest absolute Gasteiger partial charge is 0.342 e. The van der Waals surface area contributed by atoms with Gasteiger partial charge in [0.15, 0.2) is 6.10 Å². The van der Waals surface area contributed by atoms with Crippen molar-refractivity contribution in [3.63, 3.8) is 0 Å². The zero-order valence-electron chi connectivity index (χ0n) is 14.3. The summed E-state index contributed by atoms with van der Waals surface area (Å²) in [7, 11) is 0. The number of rotatable bonds is 6. The molecule has 1 aromatic rings. The van der Waals surface area contributed by atoms with Gasteiger partial charge in [0, 0.05) is 6.54 Å². The van der Waals surface area contributed by atoms with Gasteiger partial charge in [-0.2, -0.15) is 0 Å². The molecular formula is C19H25NO4. The normalized spacial score (nSPS) is 15.3. The summed E-state index contributed by atoms with van der Waals surface area (Å²) in [6.45, 7) is 3.88. The molecule has 2 N–H and O–H groups in total. The van der Waals surface area contributed by atoms with Crippen LogP contribution < -0.4 is 5.32 Å². The van der Waals surface area contributed by atoms with Crippen LogP contribution in [0.15, 0.2) is 29.8 Å². The van der Waals surface area contributed by atoms with E-state index >= 15 is 0 Å². The molecule has 1 aliphatic rings. The Balaban J connectivity index is 1.80. The number of carbonyl (C=O) groups excluding carboxylic acids is 2. The third-order valence-corrected chi connectivity index (χ3v) is 4.16. The second-order valence-corrected chi connectivity index (χ2v) is 6.22. The minimum atomic E-state index is -0.904. The molecule has 0 bridgehead atoms. The van der Waals surface area contributed by atoms with E-state index in [1.807, 2.05) is 6.92 Å². The number of carbonyl (C=O) groups is 2. The predicted octanol–water partition coefficient (Wildman–Crippen LogP) is 3.25. The van der Waals surface area contributed by atoms with Crippen molar-refractivity contribution >= 4 is 11.9 Å². The molecule has 0 heterocycles. The molecule has 24 heavy (non-hydrogen) atoms. The van der Waals surface area contributed by atoms with Crippen LogP contribution in [0.25, 0.3) is 0 Å². The van der Waals surface area contributed by atoms with Gasteiger partial charge in [-0.15, -0.1) is 0 Å². The Morgan fingerprint density at radius 2 is 2.12 bits per heavy atom. The lowest BCUT2D eigenvalue weighted by Crippen LogP contribution is -2.36. The molecule has 0 saturated carbocycles. The number of allylic oxidation sites excluding steroid dienone is 1. The van der Waals surface area contributed by atoms with E-state index in [1.54, 1.807) is 6.07 Å². The number of phenols is 1. The van der Waals surface area contributed by atoms with Crippen molar-refractivity contribution in [3.05, 3.63) is 41.0 Å². The summed E-state index contributed by atoms with van der Waals surface area (Å²) in [4.78, 5) is 24.1. The number of amides is 1. The molecule has 2 rings (SSSR count). The van der Waals surface area contributed by atoms with Gasteiger partial charge in [-0.05, 0) is 63.6 Å². The van der Waals surface area contributed by atoms with E-state index in [-0.39, 0.29) is 17.2 Å². The maximum Gasteiger partial charge on any atom is 0.342 e. The summed E-state index contributed by atoms with van der Waals surface area (Å²) in [6, 6.07) is 4.69. The van der Waals surface area contributed by atoms with E-state index in [9.17, 15) is 14.7 Å². The van der Waals surface area contributed by atoms with Gasteiger partial charge in [-0.1, -0.05) is 17.7 Å². The maximum absolute atomic E-state index is 12.0. The molecule has 1 atom stereocenters. The van der Waals surface area contributed by atoms with Gasteiger partial charge in [0.05, 0.1) is 0 Å². The van der Waals surface area contributed by atoms with Crippen LogP contribution in [0, 0.1) is 6.92 Å². The van der Waals surface area contributed by atoms with Crippen molar-refractivity contribution in [2.45, 2.75) is 52.1 Å². The maximum atomic E-state index is 12.0. The van der Waals surface area contributed by atoms with Crippen LogP contribution in [0.1, 0.15) is 54.9 Å². The Kier molecular flexibility index (Phi) is 6.41. The molecule has 0 unspecified atom stereocenters. The lowest BCUT2D eigenvalue weighted by molar-refractivity contribution is -0.129. The van der Waals surface area contributed by atoms with Crippen molar-refractivity contribution in [3.8, 4) is 5.75 Å². The Bertz CT molecular complexity index is 636. The number of phenolic OH excluding ortho intramolecular Hbond substituents is 1. The SMILES string of the molecule is Cc1ccc(C(=O)O[C@H](C)C(=O)NCCC2=CCCCC2)c(O)c1. The molecule has 0 spiro atoms. The van der Waals surface area contributed by atoms with Gasteiger partial charge >= 0.3 is 5.97 Å². The molecule has 1 aliphatic carbocycles. The van der Waals surface area contributed by atoms with Gasteiger partial charge in [0.2, 0.25) is 0 Å². The minimum absolute atomic E-state index is 0.0626. The average molecular weight is 331 g/mol. The fraction of sp³-hybridized carbons (Fsp3) is 0.474. The summed E-state index contributed by atoms with van der Waals surface area (Å²) in [6.07, 6.45) is 6.87. The number of nitrogens with one attached hydrogen (secondary N) is 1. The number of aromatic hydroxyl groups is 1. The molecule has 0 radical (unpaired) electrons. The van der Waals surface area contributed by atoms with E-state index in [4.69, 9.17) is 4.74 Å². The van der Waals surface area contributed by atoms with Crippen LogP contribution in [-0.4, -0.2) is 29.6 Å². The first kappa shape index (κ1) is 18.0. The molecule has 0 fully saturated rings. The van der Waals surface area contributed by atoms with E-state index in [2.05, 4.69) is 11.4 Å². The number of hydrogen-bond donors (Lipinski definition) is 2. The second-order valence-electron chi connectivity index (χ2n) is 6.22. The fourth-order valence-corrected chi connectivity index (χ4v) is 2.71. The van der Waals surface area contributed by atoms with Gasteiger partial charge in [-0.25, -0.2) is 4.79 Å². The van der Waals surface area contributed by atoms with Crippen molar-refractivity contribution < 1.29 is 19.4 Å². The lowest BCUT2D eigenvalue weighted by atomic mass is 9.97. The lowest BCUT2D eigenvalue weighted by Gasteiger charge is -2.16. The molecule has 0 aromatic heterocycles. The Hall–Kier alpha value is -2.30. The summed E-state index contributed by atoms with van der Waals surface area (Å²) in [5.74, 6) is -1.17. The number of ether oxygens (including phenoxy) is 1. The van der Waals surface area contributed by atoms with E-state index in [0.29, 0.717) is 6.54 Å². The van der Waals surface area contributed by atoms with Crippen LogP contribution in [0.4, 0.5) is 0 Å². The van der Waals surface area contributed by atoms with Gasteiger partial charge in [0.25, 0.3) is 5.91 Å². The number of hydrogen-bond acceptors (Lipinski definition) is 4. The minimum Gasteiger partial charge on any atom is -0.507 e. The first-order valence-corrected chi connectivity index (χ1v) is 8.43. The van der Waals surface area contributed by atoms with Crippen molar-refractivity contribution in [2.24, 2.45) is 0 Å². The third kappa shape index (κ3) is 5.11. The van der Waals surface area contributed by atoms with Crippen LogP contribution in [-0.2, 0) is 9.53 Å². The molecular weight excluding hydrogens is 306 g/mol. The average Bonchev–Trinajstić information content (AvgIpc) is 2.55. The molecule has 0 aliphatic heterocycles. The molecule has 5 heteroatoms. The topological polar surface area (TPSA) is 75.6 Å². The van der Waals surface area contributed by atoms with Gasteiger partial charge in [-0.3, -0.25) is 4.79 Å². The quantitative estimate of drug-likeness (QED) is 0.620. The van der Waals surface area contributed by atoms with E-state index < -0.39 is 12.1 Å². The third-order valence-electron chi connectivity index (χ3n) is 4.16. The first-order valence-electron chi connectivity index (χ1n) is 8.43. The predicted molar refractivity (Wildman–Crippen MR) is 91.9 cm³/mol. The molecule has 0 saturated heterocycles. The van der Waals surface area contributed by atoms with Gasteiger partial charge < -0.3 is 15.2 Å². The fourth-order valence-electron chi connectivity index (χ4n) is 2.71. The zero-order chi connectivity index (χ0) is 17.5. The van der Waals surface area contributed by atoms with Crippen molar-refractivity contribution in [1.29, 1.82) is 0 Å². The second kappa shape index (κ2) is 8.52. The monoisotopic (exact) mass is 331 g/mol. The summed E-state index contributed by atoms with van der Waals surface area (Å²) >= 11 is 0. The van der Waals surface area contributed by atoms with Crippen molar-refractivity contribution in [1.82, 2.24) is 5.32 Å².